The molecule has 0 bridgehead atoms. The number of benzene rings is 1. The molecule has 0 radical (unpaired) electrons. The molecule has 3 nitrogen and oxygen atoms in total. The molecule has 0 aliphatic rings. The van der Waals surface area contributed by atoms with Crippen LogP contribution < -0.4 is 0 Å². The number of carbonyl (C=O) groups excluding carboxylic acids is 1. The largest absolute Gasteiger partial charge is 0.294 e. The summed E-state index contributed by atoms with van der Waals surface area (Å²) in [5, 5.41) is 0. The first-order valence-electron chi connectivity index (χ1n) is 5.47. The zero-order valence-electron chi connectivity index (χ0n) is 9.58. The fraction of sp³-hybridized carbons (Fsp3) is 0.0714. The Hall–Kier alpha value is -1.81. The number of nitrogens with zero attached hydrogens (tertiary/aromatic N) is 2. The van der Waals surface area contributed by atoms with Crippen LogP contribution >= 0.6 is 15.9 Å². The molecule has 0 saturated heterocycles. The third-order valence-electron chi connectivity index (χ3n) is 2.33. The number of pyridine rings is 1. The van der Waals surface area contributed by atoms with Crippen molar-refractivity contribution < 1.29 is 4.79 Å². The quantitative estimate of drug-likeness (QED) is 0.636. The van der Waals surface area contributed by atoms with Crippen molar-refractivity contribution in [1.29, 1.82) is 0 Å². The molecule has 1 aromatic carbocycles. The highest BCUT2D eigenvalue weighted by molar-refractivity contribution is 9.10. The predicted molar refractivity (Wildman–Crippen MR) is 75.5 cm³/mol. The van der Waals surface area contributed by atoms with Gasteiger partial charge in [-0.15, -0.1) is 0 Å². The summed E-state index contributed by atoms with van der Waals surface area (Å²) in [4.78, 5) is 19.9. The van der Waals surface area contributed by atoms with E-state index in [2.05, 4.69) is 25.9 Å². The van der Waals surface area contributed by atoms with Crippen molar-refractivity contribution in [2.75, 3.05) is 0 Å². The van der Waals surface area contributed by atoms with Crippen LogP contribution in [0.4, 0.5) is 5.69 Å². The van der Waals surface area contributed by atoms with Gasteiger partial charge in [-0.05, 0) is 36.4 Å². The Labute approximate surface area is 114 Å². The molecule has 0 amide bonds. The van der Waals surface area contributed by atoms with E-state index in [9.17, 15) is 4.79 Å². The van der Waals surface area contributed by atoms with Gasteiger partial charge in [-0.3, -0.25) is 14.8 Å². The molecular weight excluding hydrogens is 292 g/mol. The third kappa shape index (κ3) is 3.60. The number of halogens is 1. The fourth-order valence-electron chi connectivity index (χ4n) is 1.41. The summed E-state index contributed by atoms with van der Waals surface area (Å²) in [7, 11) is 0. The topological polar surface area (TPSA) is 42.3 Å². The molecular formula is C14H11BrN2O. The van der Waals surface area contributed by atoms with Crippen molar-refractivity contribution in [2.24, 2.45) is 4.99 Å². The maximum Gasteiger partial charge on any atom is 0.169 e. The van der Waals surface area contributed by atoms with E-state index in [1.807, 2.05) is 24.3 Å². The predicted octanol–water partition coefficient (Wildman–Crippen LogP) is 3.82. The summed E-state index contributed by atoms with van der Waals surface area (Å²) < 4.78 is 1.01. The second kappa shape index (κ2) is 6.21. The first kappa shape index (κ1) is 12.6. The molecule has 18 heavy (non-hydrogen) atoms. The van der Waals surface area contributed by atoms with Crippen LogP contribution in [0.2, 0.25) is 0 Å². The Morgan fingerprint density at radius 2 is 2.06 bits per heavy atom. The second-order valence-corrected chi connectivity index (χ2v) is 4.57. The van der Waals surface area contributed by atoms with E-state index in [1.54, 1.807) is 30.7 Å². The maximum atomic E-state index is 11.8. The molecule has 0 spiro atoms. The number of Topliss-reactive ketones (excluding diaryl/α,β-unsaturated/α-hetero) is 1. The first-order chi connectivity index (χ1) is 8.75. The summed E-state index contributed by atoms with van der Waals surface area (Å²) in [5.41, 5.74) is 1.44. The van der Waals surface area contributed by atoms with Crippen molar-refractivity contribution in [3.05, 3.63) is 58.8 Å². The lowest BCUT2D eigenvalue weighted by Crippen LogP contribution is -1.99. The third-order valence-corrected chi connectivity index (χ3v) is 2.86. The lowest BCUT2D eigenvalue weighted by molar-refractivity contribution is 0.100. The zero-order chi connectivity index (χ0) is 12.8. The van der Waals surface area contributed by atoms with E-state index in [4.69, 9.17) is 0 Å². The van der Waals surface area contributed by atoms with Gasteiger partial charge in [0.25, 0.3) is 0 Å². The molecule has 0 aliphatic carbocycles. The van der Waals surface area contributed by atoms with E-state index < -0.39 is 0 Å². The molecule has 2 aromatic rings. The van der Waals surface area contributed by atoms with Crippen molar-refractivity contribution >= 4 is 33.6 Å². The second-order valence-electron chi connectivity index (χ2n) is 3.66. The van der Waals surface area contributed by atoms with Gasteiger partial charge in [0.1, 0.15) is 0 Å². The smallest absolute Gasteiger partial charge is 0.169 e. The zero-order valence-corrected chi connectivity index (χ0v) is 11.2. The van der Waals surface area contributed by atoms with E-state index in [-0.39, 0.29) is 12.2 Å². The van der Waals surface area contributed by atoms with E-state index >= 15 is 0 Å². The Morgan fingerprint density at radius 3 is 2.72 bits per heavy atom. The normalized spacial score (nSPS) is 10.7. The number of aliphatic imine (C=N–C) groups is 1. The maximum absolute atomic E-state index is 11.8. The molecule has 1 heterocycles. The Kier molecular flexibility index (Phi) is 4.36. The van der Waals surface area contributed by atoms with Crippen LogP contribution in [0.25, 0.3) is 0 Å². The number of carbonyl (C=O) groups is 1. The highest BCUT2D eigenvalue weighted by Crippen LogP contribution is 2.16. The summed E-state index contributed by atoms with van der Waals surface area (Å²) in [6, 6.07) is 11.1. The van der Waals surface area contributed by atoms with Crippen LogP contribution in [0.15, 0.2) is 58.3 Å². The van der Waals surface area contributed by atoms with Crippen LogP contribution in [0, 0.1) is 0 Å². The van der Waals surface area contributed by atoms with Crippen LogP contribution in [-0.2, 0) is 0 Å². The first-order valence-corrected chi connectivity index (χ1v) is 6.26. The number of rotatable bonds is 4. The molecule has 0 fully saturated rings. The Balaban J connectivity index is 1.96. The summed E-state index contributed by atoms with van der Waals surface area (Å²) in [6.45, 7) is 0. The SMILES string of the molecule is O=C(CC=Nc1ccc(Br)cc1)c1cccnc1. The fourth-order valence-corrected chi connectivity index (χ4v) is 1.67. The van der Waals surface area contributed by atoms with Crippen molar-refractivity contribution in [3.8, 4) is 0 Å². The molecule has 0 saturated carbocycles. The van der Waals surface area contributed by atoms with E-state index in [0.717, 1.165) is 10.2 Å². The lowest BCUT2D eigenvalue weighted by atomic mass is 10.1. The Morgan fingerprint density at radius 1 is 1.28 bits per heavy atom. The van der Waals surface area contributed by atoms with Crippen LogP contribution in [0.3, 0.4) is 0 Å². The van der Waals surface area contributed by atoms with Gasteiger partial charge in [-0.25, -0.2) is 0 Å². The minimum atomic E-state index is 0.0176. The van der Waals surface area contributed by atoms with Gasteiger partial charge in [0.2, 0.25) is 0 Å². The summed E-state index contributed by atoms with van der Waals surface area (Å²) in [5.74, 6) is 0.0176. The van der Waals surface area contributed by atoms with Crippen LogP contribution in [0.5, 0.6) is 0 Å². The Bertz CT molecular complexity index is 550. The van der Waals surface area contributed by atoms with Crippen molar-refractivity contribution in [3.63, 3.8) is 0 Å². The van der Waals surface area contributed by atoms with Crippen molar-refractivity contribution in [1.82, 2.24) is 4.98 Å². The monoisotopic (exact) mass is 302 g/mol. The highest BCUT2D eigenvalue weighted by Gasteiger charge is 2.02. The van der Waals surface area contributed by atoms with E-state index in [0.29, 0.717) is 5.56 Å². The molecule has 90 valence electrons. The average molecular weight is 303 g/mol. The number of hydrogen-bond donors (Lipinski definition) is 0. The number of hydrogen-bond acceptors (Lipinski definition) is 3. The van der Waals surface area contributed by atoms with Gasteiger partial charge in [0.15, 0.2) is 5.78 Å². The molecule has 1 aromatic heterocycles. The van der Waals surface area contributed by atoms with Crippen LogP contribution in [0.1, 0.15) is 16.8 Å². The van der Waals surface area contributed by atoms with Gasteiger partial charge in [0.05, 0.1) is 5.69 Å². The van der Waals surface area contributed by atoms with Gasteiger partial charge < -0.3 is 0 Å². The number of ketones is 1. The van der Waals surface area contributed by atoms with Crippen molar-refractivity contribution in [2.45, 2.75) is 6.42 Å². The summed E-state index contributed by atoms with van der Waals surface area (Å²) >= 11 is 3.35. The minimum absolute atomic E-state index is 0.0176. The van der Waals surface area contributed by atoms with Gasteiger partial charge >= 0.3 is 0 Å². The molecule has 4 heteroatoms. The van der Waals surface area contributed by atoms with Gasteiger partial charge in [0, 0.05) is 35.1 Å². The van der Waals surface area contributed by atoms with Gasteiger partial charge in [-0.1, -0.05) is 15.9 Å². The minimum Gasteiger partial charge on any atom is -0.294 e. The summed E-state index contributed by atoms with van der Waals surface area (Å²) in [6.07, 6.45) is 5.11. The molecule has 0 N–H and O–H groups in total. The molecule has 0 unspecified atom stereocenters. The van der Waals surface area contributed by atoms with Gasteiger partial charge in [-0.2, -0.15) is 0 Å². The number of aromatic nitrogens is 1. The molecule has 2 rings (SSSR count). The molecule has 0 aliphatic heterocycles. The molecule has 0 atom stereocenters. The van der Waals surface area contributed by atoms with Crippen LogP contribution in [-0.4, -0.2) is 17.0 Å². The van der Waals surface area contributed by atoms with E-state index in [1.165, 1.54) is 0 Å². The lowest BCUT2D eigenvalue weighted by Gasteiger charge is -1.96. The highest BCUT2D eigenvalue weighted by atomic mass is 79.9. The standard InChI is InChI=1S/C14H11BrN2O/c15-12-3-5-13(6-4-12)17-9-7-14(18)11-2-1-8-16-10-11/h1-6,8-10H,7H2. The average Bonchev–Trinajstić information content (AvgIpc) is 2.42.